The Morgan fingerprint density at radius 2 is 1.18 bits per heavy atom. The van der Waals surface area contributed by atoms with E-state index in [1.54, 1.807) is 0 Å². The molecular weight excluding hydrogens is 688 g/mol. The lowest BCUT2D eigenvalue weighted by Crippen LogP contribution is -2.63. The number of ether oxygens (including phenoxy) is 7. The summed E-state index contributed by atoms with van der Waals surface area (Å²) >= 11 is 0. The number of aliphatic hydroxyl groups excluding tert-OH is 8. The van der Waals surface area contributed by atoms with Crippen LogP contribution in [0, 0.1) is 11.8 Å². The molecule has 0 spiro atoms. The van der Waals surface area contributed by atoms with E-state index in [2.05, 4.69) is 0 Å². The van der Waals surface area contributed by atoms with Gasteiger partial charge in [0.25, 0.3) is 0 Å². The summed E-state index contributed by atoms with van der Waals surface area (Å²) in [5, 5.41) is 93.7. The summed E-state index contributed by atoms with van der Waals surface area (Å²) in [5.74, 6) is -3.88. The monoisotopic (exact) mass is 738 g/mol. The third-order valence-corrected chi connectivity index (χ3v) is 10.5. The molecule has 3 aliphatic heterocycles. The van der Waals surface area contributed by atoms with Gasteiger partial charge >= 0.3 is 17.9 Å². The first-order valence-electron chi connectivity index (χ1n) is 17.4. The molecule has 2 aliphatic carbocycles. The maximum Gasteiger partial charge on any atom is 0.317 e. The summed E-state index contributed by atoms with van der Waals surface area (Å²) in [5.41, 5.74) is 0. The second kappa shape index (κ2) is 17.4. The Morgan fingerprint density at radius 3 is 1.73 bits per heavy atom. The maximum atomic E-state index is 11.8. The summed E-state index contributed by atoms with van der Waals surface area (Å²) in [7, 11) is 0. The molecule has 16 atom stereocenters. The molecule has 5 aliphatic rings. The fourth-order valence-electron chi connectivity index (χ4n) is 7.73. The minimum Gasteiger partial charge on any atom is -0.481 e. The number of carboxylic acid groups (broad SMARTS) is 1. The average molecular weight is 739 g/mol. The van der Waals surface area contributed by atoms with Gasteiger partial charge in [-0.05, 0) is 44.4 Å². The van der Waals surface area contributed by atoms with Crippen molar-refractivity contribution in [2.45, 2.75) is 156 Å². The Bertz CT molecular complexity index is 1180. The van der Waals surface area contributed by atoms with Gasteiger partial charge in [0.15, 0.2) is 12.6 Å². The molecule has 5 fully saturated rings. The number of aliphatic carboxylic acids is 1. The van der Waals surface area contributed by atoms with E-state index in [0.29, 0.717) is 25.7 Å². The molecule has 0 bridgehead atoms. The Balaban J connectivity index is 1.34. The number of carbonyl (C=O) groups is 3. The van der Waals surface area contributed by atoms with E-state index in [9.17, 15) is 55.2 Å². The minimum atomic E-state index is -1.81. The molecule has 0 aromatic carbocycles. The predicted molar refractivity (Wildman–Crippen MR) is 163 cm³/mol. The van der Waals surface area contributed by atoms with Crippen molar-refractivity contribution < 1.29 is 93.5 Å². The molecule has 5 rings (SSSR count). The zero-order valence-corrected chi connectivity index (χ0v) is 28.1. The van der Waals surface area contributed by atoms with Crippen LogP contribution in [0.3, 0.4) is 0 Å². The molecule has 0 aromatic heterocycles. The number of rotatable bonds is 11. The Labute approximate surface area is 292 Å². The van der Waals surface area contributed by atoms with Gasteiger partial charge < -0.3 is 79.1 Å². The number of carboxylic acids is 1. The zero-order valence-electron chi connectivity index (χ0n) is 28.1. The molecule has 292 valence electrons. The number of carbonyl (C=O) groups excluding carboxylic acids is 2. The van der Waals surface area contributed by atoms with Crippen molar-refractivity contribution in [1.29, 1.82) is 0 Å². The molecule has 0 amide bonds. The molecule has 19 heteroatoms. The normalized spacial score (nSPS) is 46.1. The molecule has 0 radical (unpaired) electrons. The van der Waals surface area contributed by atoms with E-state index >= 15 is 0 Å². The van der Waals surface area contributed by atoms with Crippen molar-refractivity contribution in [1.82, 2.24) is 0 Å². The first-order valence-corrected chi connectivity index (χ1v) is 17.4. The van der Waals surface area contributed by atoms with Crippen molar-refractivity contribution in [3.8, 4) is 0 Å². The van der Waals surface area contributed by atoms with Crippen LogP contribution in [-0.4, -0.2) is 175 Å². The van der Waals surface area contributed by atoms with Gasteiger partial charge in [-0.3, -0.25) is 14.4 Å². The van der Waals surface area contributed by atoms with Crippen LogP contribution in [0.25, 0.3) is 0 Å². The van der Waals surface area contributed by atoms with Crippen molar-refractivity contribution in [3.63, 3.8) is 0 Å². The fraction of sp³-hybridized carbons (Fsp3) is 0.906. The smallest absolute Gasteiger partial charge is 0.317 e. The molecule has 6 unspecified atom stereocenters. The van der Waals surface area contributed by atoms with Crippen molar-refractivity contribution in [3.05, 3.63) is 0 Å². The molecule has 19 nitrogen and oxygen atoms in total. The number of aliphatic hydroxyl groups is 8. The van der Waals surface area contributed by atoms with Gasteiger partial charge in [0.1, 0.15) is 68.5 Å². The number of hydrogen-bond donors (Lipinski definition) is 9. The van der Waals surface area contributed by atoms with Crippen LogP contribution in [0.4, 0.5) is 0 Å². The van der Waals surface area contributed by atoms with Crippen LogP contribution < -0.4 is 0 Å². The quantitative estimate of drug-likeness (QED) is 0.0732. The van der Waals surface area contributed by atoms with Crippen molar-refractivity contribution in [2.75, 3.05) is 13.2 Å². The molecule has 3 saturated heterocycles. The van der Waals surface area contributed by atoms with E-state index in [1.165, 1.54) is 0 Å². The van der Waals surface area contributed by atoms with Crippen LogP contribution in [0.5, 0.6) is 0 Å². The summed E-state index contributed by atoms with van der Waals surface area (Å²) in [4.78, 5) is 34.1. The zero-order chi connectivity index (χ0) is 37.1. The molecule has 0 aromatic rings. The first kappa shape index (κ1) is 40.1. The highest BCUT2D eigenvalue weighted by molar-refractivity contribution is 5.90. The highest BCUT2D eigenvalue weighted by Gasteiger charge is 2.54. The second-order valence-corrected chi connectivity index (χ2v) is 14.2. The lowest BCUT2D eigenvalue weighted by atomic mass is 9.73. The van der Waals surface area contributed by atoms with E-state index in [0.717, 1.165) is 6.92 Å². The summed E-state index contributed by atoms with van der Waals surface area (Å²) in [6.07, 6.45) is -18.9. The van der Waals surface area contributed by atoms with Crippen molar-refractivity contribution >= 4 is 17.9 Å². The van der Waals surface area contributed by atoms with E-state index in [-0.39, 0.29) is 25.2 Å². The SMILES string of the molecule is CC(=O)OC[C@H]1O[C@@H](OC2CC(O)CC3OC(C4CCC(O)CC4)C(O[C@@H]4O[C@H](COC(=O)CC(=O)O)[C@@H](O)[C@H](O)[C@H]4O)CC32)[C@H](O)[C@@H](O)[C@@H]1O. The van der Waals surface area contributed by atoms with E-state index in [1.807, 2.05) is 0 Å². The molecule has 2 saturated carbocycles. The van der Waals surface area contributed by atoms with E-state index in [4.69, 9.17) is 38.3 Å². The van der Waals surface area contributed by atoms with Gasteiger partial charge in [-0.2, -0.15) is 0 Å². The summed E-state index contributed by atoms with van der Waals surface area (Å²) in [6, 6.07) is 0. The third-order valence-electron chi connectivity index (χ3n) is 10.5. The fourth-order valence-corrected chi connectivity index (χ4v) is 7.73. The topological polar surface area (TPSA) is 298 Å². The highest BCUT2D eigenvalue weighted by atomic mass is 16.7. The molecular formula is C32H50O19. The number of esters is 2. The second-order valence-electron chi connectivity index (χ2n) is 14.2. The Morgan fingerprint density at radius 1 is 0.627 bits per heavy atom. The van der Waals surface area contributed by atoms with E-state index < -0.39 is 141 Å². The van der Waals surface area contributed by atoms with Crippen LogP contribution in [0.15, 0.2) is 0 Å². The molecule has 9 N–H and O–H groups in total. The highest BCUT2D eigenvalue weighted by Crippen LogP contribution is 2.45. The Hall–Kier alpha value is -2.11. The van der Waals surface area contributed by atoms with Crippen LogP contribution in [-0.2, 0) is 47.5 Å². The van der Waals surface area contributed by atoms with Crippen LogP contribution in [0.2, 0.25) is 0 Å². The van der Waals surface area contributed by atoms with Gasteiger partial charge in [0.2, 0.25) is 0 Å². The lowest BCUT2D eigenvalue weighted by Gasteiger charge is -2.52. The van der Waals surface area contributed by atoms with Gasteiger partial charge in [-0.15, -0.1) is 0 Å². The van der Waals surface area contributed by atoms with Gasteiger partial charge in [-0.1, -0.05) is 0 Å². The summed E-state index contributed by atoms with van der Waals surface area (Å²) in [6.45, 7) is 0.0728. The van der Waals surface area contributed by atoms with Crippen LogP contribution >= 0.6 is 0 Å². The predicted octanol–water partition coefficient (Wildman–Crippen LogP) is -3.57. The molecule has 51 heavy (non-hydrogen) atoms. The lowest BCUT2D eigenvalue weighted by molar-refractivity contribution is -0.344. The first-order chi connectivity index (χ1) is 24.1. The maximum absolute atomic E-state index is 11.8. The largest absolute Gasteiger partial charge is 0.481 e. The van der Waals surface area contributed by atoms with Gasteiger partial charge in [-0.25, -0.2) is 0 Å². The van der Waals surface area contributed by atoms with Gasteiger partial charge in [0, 0.05) is 19.3 Å². The van der Waals surface area contributed by atoms with Gasteiger partial charge in [0.05, 0.1) is 36.6 Å². The minimum absolute atomic E-state index is 0.0502. The molecule has 3 heterocycles. The van der Waals surface area contributed by atoms with Crippen LogP contribution in [0.1, 0.15) is 58.3 Å². The standard InChI is InChI=1S/C32H50O19/c1-12(33)45-10-20-24(39)26(41)28(43)31(50-20)48-18-7-15(35)6-17-16(18)8-19(30(47-17)13-2-4-14(34)5-3-13)49-32-29(44)27(42)25(40)21(51-32)11-46-23(38)9-22(36)37/h13-21,24-32,34-35,39-44H,2-11H2,1H3,(H,36,37)/t13?,14?,15?,16?,17?,18?,19?,20-,21-,24-,25-,26+,27+,28-,29-,30?,31-,32-/m1/s1. The van der Waals surface area contributed by atoms with Crippen molar-refractivity contribution in [2.24, 2.45) is 11.8 Å². The summed E-state index contributed by atoms with van der Waals surface area (Å²) < 4.78 is 40.4. The average Bonchev–Trinajstić information content (AvgIpc) is 3.07. The number of hydrogen-bond acceptors (Lipinski definition) is 18. The Kier molecular flexibility index (Phi) is 13.6. The number of fused-ring (bicyclic) bond motifs is 1. The third kappa shape index (κ3) is 9.71.